The van der Waals surface area contributed by atoms with Crippen molar-refractivity contribution in [3.63, 3.8) is 0 Å². The number of aromatic hydroxyl groups is 1. The van der Waals surface area contributed by atoms with Gasteiger partial charge in [-0.1, -0.05) is 0 Å². The summed E-state index contributed by atoms with van der Waals surface area (Å²) in [4.78, 5) is 0. The molecular weight excluding hydrogens is 170 g/mol. The summed E-state index contributed by atoms with van der Waals surface area (Å²) < 4.78 is 10.7. The number of hydrogen-bond donors (Lipinski definition) is 2. The number of anilines is 1. The van der Waals surface area contributed by atoms with Crippen LogP contribution in [-0.4, -0.2) is 18.3 Å². The van der Waals surface area contributed by atoms with Crippen LogP contribution in [0.15, 0.2) is 12.1 Å². The molecule has 0 radical (unpaired) electrons. The maximum absolute atomic E-state index is 9.31. The monoisotopic (exact) mass is 181 g/mol. The predicted molar refractivity (Wildman–Crippen MR) is 48.1 cm³/mol. The van der Waals surface area contributed by atoms with E-state index in [-0.39, 0.29) is 5.75 Å². The molecule has 4 nitrogen and oxygen atoms in total. The molecule has 3 N–H and O–H groups in total. The number of hydrogen-bond acceptors (Lipinski definition) is 4. The first-order valence-electron chi connectivity index (χ1n) is 4.15. The van der Waals surface area contributed by atoms with E-state index in [4.69, 9.17) is 15.2 Å². The van der Waals surface area contributed by atoms with Crippen LogP contribution >= 0.6 is 0 Å². The second kappa shape index (κ2) is 3.05. The first-order valence-corrected chi connectivity index (χ1v) is 4.15. The van der Waals surface area contributed by atoms with E-state index in [0.29, 0.717) is 30.4 Å². The largest absolute Gasteiger partial charge is 0.506 e. The van der Waals surface area contributed by atoms with E-state index >= 15 is 0 Å². The lowest BCUT2D eigenvalue weighted by atomic mass is 10.2. The Bertz CT molecular complexity index is 294. The fourth-order valence-corrected chi connectivity index (χ4v) is 1.21. The fraction of sp³-hybridized carbons (Fsp3) is 0.333. The molecule has 0 atom stereocenters. The van der Waals surface area contributed by atoms with Gasteiger partial charge in [-0.15, -0.1) is 0 Å². The van der Waals surface area contributed by atoms with Gasteiger partial charge < -0.3 is 20.3 Å². The van der Waals surface area contributed by atoms with E-state index in [2.05, 4.69) is 0 Å². The summed E-state index contributed by atoms with van der Waals surface area (Å²) in [6.45, 7) is 1.23. The van der Waals surface area contributed by atoms with Gasteiger partial charge in [-0.05, 0) is 0 Å². The highest BCUT2D eigenvalue weighted by Gasteiger charge is 2.12. The third-order valence-corrected chi connectivity index (χ3v) is 1.90. The molecular formula is C9H11NO3. The first kappa shape index (κ1) is 8.04. The minimum atomic E-state index is 0.0317. The minimum Gasteiger partial charge on any atom is -0.506 e. The van der Waals surface area contributed by atoms with Gasteiger partial charge in [0.05, 0.1) is 18.9 Å². The number of benzene rings is 1. The number of ether oxygens (including phenoxy) is 2. The maximum Gasteiger partial charge on any atom is 0.165 e. The zero-order chi connectivity index (χ0) is 9.26. The molecule has 1 aromatic rings. The molecule has 1 aliphatic rings. The number of rotatable bonds is 0. The third-order valence-electron chi connectivity index (χ3n) is 1.90. The van der Waals surface area contributed by atoms with E-state index in [1.807, 2.05) is 0 Å². The van der Waals surface area contributed by atoms with Crippen LogP contribution in [0.25, 0.3) is 0 Å². The van der Waals surface area contributed by atoms with Crippen molar-refractivity contribution in [1.82, 2.24) is 0 Å². The van der Waals surface area contributed by atoms with E-state index in [1.165, 1.54) is 6.07 Å². The number of phenolic OH excluding ortho intramolecular Hbond substituents is 1. The average molecular weight is 181 g/mol. The van der Waals surface area contributed by atoms with Crippen molar-refractivity contribution in [3.05, 3.63) is 12.1 Å². The molecule has 0 saturated carbocycles. The van der Waals surface area contributed by atoms with Crippen LogP contribution in [0.2, 0.25) is 0 Å². The Morgan fingerprint density at radius 2 is 1.77 bits per heavy atom. The lowest BCUT2D eigenvalue weighted by Gasteiger charge is -2.08. The van der Waals surface area contributed by atoms with Crippen molar-refractivity contribution in [1.29, 1.82) is 0 Å². The Balaban J connectivity index is 2.43. The molecule has 1 heterocycles. The minimum absolute atomic E-state index is 0.0317. The third kappa shape index (κ3) is 1.47. The molecule has 70 valence electrons. The molecule has 1 aliphatic heterocycles. The number of nitrogen functional groups attached to an aromatic ring is 1. The Labute approximate surface area is 75.9 Å². The topological polar surface area (TPSA) is 64.7 Å². The van der Waals surface area contributed by atoms with E-state index in [0.717, 1.165) is 6.42 Å². The van der Waals surface area contributed by atoms with Crippen molar-refractivity contribution in [3.8, 4) is 17.2 Å². The highest BCUT2D eigenvalue weighted by atomic mass is 16.5. The van der Waals surface area contributed by atoms with Crippen LogP contribution < -0.4 is 15.2 Å². The van der Waals surface area contributed by atoms with Crippen LogP contribution in [0, 0.1) is 0 Å². The van der Waals surface area contributed by atoms with Crippen molar-refractivity contribution < 1.29 is 14.6 Å². The fourth-order valence-electron chi connectivity index (χ4n) is 1.21. The summed E-state index contributed by atoms with van der Waals surface area (Å²) in [5, 5.41) is 9.31. The molecule has 0 amide bonds. The van der Waals surface area contributed by atoms with Gasteiger partial charge in [0, 0.05) is 18.6 Å². The number of nitrogens with two attached hydrogens (primary N) is 1. The van der Waals surface area contributed by atoms with Gasteiger partial charge in [0.1, 0.15) is 5.75 Å². The standard InChI is InChI=1S/C9H11NO3/c10-6-4-8-9(5-7(6)11)13-3-1-2-12-8/h4-5,11H,1-3,10H2. The second-order valence-corrected chi connectivity index (χ2v) is 2.91. The molecule has 0 aliphatic carbocycles. The van der Waals surface area contributed by atoms with Crippen molar-refractivity contribution in [2.45, 2.75) is 6.42 Å². The zero-order valence-corrected chi connectivity index (χ0v) is 7.12. The van der Waals surface area contributed by atoms with Crippen LogP contribution in [0.3, 0.4) is 0 Å². The number of fused-ring (bicyclic) bond motifs is 1. The van der Waals surface area contributed by atoms with Gasteiger partial charge in [-0.3, -0.25) is 0 Å². The molecule has 0 bridgehead atoms. The highest BCUT2D eigenvalue weighted by Crippen LogP contribution is 2.36. The highest BCUT2D eigenvalue weighted by molar-refractivity contribution is 5.61. The Kier molecular flexibility index (Phi) is 1.88. The molecule has 0 saturated heterocycles. The van der Waals surface area contributed by atoms with Gasteiger partial charge in [0.25, 0.3) is 0 Å². The van der Waals surface area contributed by atoms with Crippen LogP contribution in [0.5, 0.6) is 17.2 Å². The summed E-state index contributed by atoms with van der Waals surface area (Å²) >= 11 is 0. The normalized spacial score (nSPS) is 15.1. The van der Waals surface area contributed by atoms with Gasteiger partial charge in [-0.2, -0.15) is 0 Å². The molecule has 0 fully saturated rings. The summed E-state index contributed by atoms with van der Waals surface area (Å²) in [6, 6.07) is 3.06. The smallest absolute Gasteiger partial charge is 0.165 e. The summed E-state index contributed by atoms with van der Waals surface area (Å²) in [6.07, 6.45) is 0.843. The van der Waals surface area contributed by atoms with E-state index < -0.39 is 0 Å². The van der Waals surface area contributed by atoms with Gasteiger partial charge in [0.15, 0.2) is 11.5 Å². The van der Waals surface area contributed by atoms with Crippen molar-refractivity contribution in [2.24, 2.45) is 0 Å². The van der Waals surface area contributed by atoms with Gasteiger partial charge >= 0.3 is 0 Å². The van der Waals surface area contributed by atoms with Gasteiger partial charge in [0.2, 0.25) is 0 Å². The Hall–Kier alpha value is -1.58. The van der Waals surface area contributed by atoms with Crippen molar-refractivity contribution in [2.75, 3.05) is 18.9 Å². The average Bonchev–Trinajstić information content (AvgIpc) is 2.31. The molecule has 0 unspecified atom stereocenters. The van der Waals surface area contributed by atoms with Gasteiger partial charge in [-0.25, -0.2) is 0 Å². The molecule has 0 spiro atoms. The van der Waals surface area contributed by atoms with Crippen LogP contribution in [-0.2, 0) is 0 Å². The number of phenols is 1. The SMILES string of the molecule is Nc1cc2c(cc1O)OCCCO2. The lowest BCUT2D eigenvalue weighted by Crippen LogP contribution is -1.97. The molecule has 1 aromatic carbocycles. The summed E-state index contributed by atoms with van der Waals surface area (Å²) in [5.74, 6) is 1.20. The molecule has 2 rings (SSSR count). The summed E-state index contributed by atoms with van der Waals surface area (Å²) in [5.41, 5.74) is 5.82. The molecule has 13 heavy (non-hydrogen) atoms. The maximum atomic E-state index is 9.31. The Morgan fingerprint density at radius 3 is 2.46 bits per heavy atom. The lowest BCUT2D eigenvalue weighted by molar-refractivity contribution is 0.296. The van der Waals surface area contributed by atoms with Crippen molar-refractivity contribution >= 4 is 5.69 Å². The second-order valence-electron chi connectivity index (χ2n) is 2.91. The zero-order valence-electron chi connectivity index (χ0n) is 7.12. The quantitative estimate of drug-likeness (QED) is 0.465. The predicted octanol–water partition coefficient (Wildman–Crippen LogP) is 1.14. The Morgan fingerprint density at radius 1 is 1.15 bits per heavy atom. The first-order chi connectivity index (χ1) is 6.27. The van der Waals surface area contributed by atoms with Crippen LogP contribution in [0.1, 0.15) is 6.42 Å². The molecule has 0 aromatic heterocycles. The van der Waals surface area contributed by atoms with E-state index in [9.17, 15) is 5.11 Å². The van der Waals surface area contributed by atoms with E-state index in [1.54, 1.807) is 6.07 Å². The van der Waals surface area contributed by atoms with Crippen LogP contribution in [0.4, 0.5) is 5.69 Å². The summed E-state index contributed by atoms with van der Waals surface area (Å²) in [7, 11) is 0. The molecule has 4 heteroatoms.